The number of benzene rings is 2. The maximum absolute atomic E-state index is 14.5. The standard InChI is InChI=1S/C42H59N7O8S2/c1-31(43-2)40(51)44-36-30-47(59(56,57)29-12-4-3-11-28-58(54,55)46-25-21-34-18-13-24-48(34)38(50)23-27-46)26-22-35-19-20-37(49(35)42(36)53)41(52)45-39(32-14-7-5-8-15-32)33-16-9-6-10-17-33/h3-10,14-17,31,34-37,39,43H,11-13,18-30H2,1-2H3,(H,44,51)(H,45,52)/b4-3+/t31-,34?,35+,36-,37-/m0/s1. The van der Waals surface area contributed by atoms with Gasteiger partial charge in [0.1, 0.15) is 12.1 Å². The molecule has 4 amide bonds. The molecule has 3 N–H and O–H groups in total. The molecule has 2 aromatic carbocycles. The van der Waals surface area contributed by atoms with Crippen LogP contribution in [0.4, 0.5) is 0 Å². The van der Waals surface area contributed by atoms with E-state index in [2.05, 4.69) is 16.0 Å². The Kier molecular flexibility index (Phi) is 15.0. The number of hydrogen-bond donors (Lipinski definition) is 3. The van der Waals surface area contributed by atoms with Crippen LogP contribution in [-0.2, 0) is 39.2 Å². The molecule has 0 radical (unpaired) electrons. The summed E-state index contributed by atoms with van der Waals surface area (Å²) in [4.78, 5) is 57.8. The van der Waals surface area contributed by atoms with Crippen molar-refractivity contribution in [1.29, 1.82) is 0 Å². The highest BCUT2D eigenvalue weighted by Gasteiger charge is 2.46. The predicted molar refractivity (Wildman–Crippen MR) is 225 cm³/mol. The quantitative estimate of drug-likeness (QED) is 0.226. The highest BCUT2D eigenvalue weighted by atomic mass is 32.2. The summed E-state index contributed by atoms with van der Waals surface area (Å²) in [5.74, 6) is -1.72. The van der Waals surface area contributed by atoms with E-state index in [1.807, 2.05) is 65.6 Å². The van der Waals surface area contributed by atoms with Gasteiger partial charge in [-0.2, -0.15) is 4.31 Å². The molecule has 4 saturated heterocycles. The van der Waals surface area contributed by atoms with Crippen LogP contribution in [0, 0.1) is 0 Å². The summed E-state index contributed by atoms with van der Waals surface area (Å²) in [5.41, 5.74) is 1.77. The number of hydrogen-bond acceptors (Lipinski definition) is 9. The van der Waals surface area contributed by atoms with Crippen LogP contribution in [-0.4, -0.2) is 140 Å². The van der Waals surface area contributed by atoms with Gasteiger partial charge in [-0.3, -0.25) is 19.2 Å². The van der Waals surface area contributed by atoms with Gasteiger partial charge in [0, 0.05) is 51.2 Å². The molecule has 2 aromatic rings. The Morgan fingerprint density at radius 3 is 1.98 bits per heavy atom. The second-order valence-electron chi connectivity index (χ2n) is 16.0. The van der Waals surface area contributed by atoms with Crippen molar-refractivity contribution < 1.29 is 36.0 Å². The zero-order valence-electron chi connectivity index (χ0n) is 34.1. The van der Waals surface area contributed by atoms with Gasteiger partial charge in [-0.05, 0) is 76.5 Å². The molecule has 5 atom stereocenters. The second-order valence-corrected chi connectivity index (χ2v) is 20.2. The van der Waals surface area contributed by atoms with E-state index in [1.54, 1.807) is 31.0 Å². The molecule has 0 aromatic heterocycles. The molecule has 4 fully saturated rings. The molecule has 322 valence electrons. The molecule has 0 saturated carbocycles. The summed E-state index contributed by atoms with van der Waals surface area (Å²) in [6.07, 6.45) is 7.47. The molecule has 0 spiro atoms. The summed E-state index contributed by atoms with van der Waals surface area (Å²) in [5, 5.41) is 8.81. The van der Waals surface area contributed by atoms with Gasteiger partial charge >= 0.3 is 0 Å². The third-order valence-electron chi connectivity index (χ3n) is 12.2. The molecule has 4 aliphatic rings. The van der Waals surface area contributed by atoms with Gasteiger partial charge in [0.2, 0.25) is 43.7 Å². The Labute approximate surface area is 349 Å². The van der Waals surface area contributed by atoms with Gasteiger partial charge < -0.3 is 25.8 Å². The number of nitrogens with one attached hydrogen (secondary N) is 3. The molecular weight excluding hydrogens is 795 g/mol. The maximum Gasteiger partial charge on any atom is 0.247 e. The summed E-state index contributed by atoms with van der Waals surface area (Å²) >= 11 is 0. The number of amides is 4. The predicted octanol–water partition coefficient (Wildman–Crippen LogP) is 2.13. The fraction of sp³-hybridized carbons (Fsp3) is 0.571. The lowest BCUT2D eigenvalue weighted by atomic mass is 9.98. The topological polar surface area (TPSA) is 186 Å². The Hall–Kier alpha value is -4.16. The second kappa shape index (κ2) is 19.9. The number of allylic oxidation sites excluding steroid dienone is 2. The van der Waals surface area contributed by atoms with Crippen molar-refractivity contribution in [3.63, 3.8) is 0 Å². The van der Waals surface area contributed by atoms with E-state index in [0.29, 0.717) is 32.2 Å². The van der Waals surface area contributed by atoms with Crippen LogP contribution in [0.2, 0.25) is 0 Å². The summed E-state index contributed by atoms with van der Waals surface area (Å²) in [6.45, 7) is 2.71. The van der Waals surface area contributed by atoms with Crippen molar-refractivity contribution in [3.8, 4) is 0 Å². The highest BCUT2D eigenvalue weighted by Crippen LogP contribution is 2.32. The summed E-state index contributed by atoms with van der Waals surface area (Å²) < 4.78 is 56.7. The van der Waals surface area contributed by atoms with Crippen molar-refractivity contribution in [2.75, 3.05) is 51.3 Å². The van der Waals surface area contributed by atoms with Crippen molar-refractivity contribution in [1.82, 2.24) is 34.4 Å². The van der Waals surface area contributed by atoms with Crippen molar-refractivity contribution >= 4 is 43.7 Å². The lowest BCUT2D eigenvalue weighted by Gasteiger charge is -2.38. The number of carbonyl (C=O) groups excluding carboxylic acids is 4. The van der Waals surface area contributed by atoms with Gasteiger partial charge in [-0.25, -0.2) is 21.1 Å². The monoisotopic (exact) mass is 853 g/mol. The zero-order valence-corrected chi connectivity index (χ0v) is 35.7. The molecule has 0 bridgehead atoms. The van der Waals surface area contributed by atoms with Crippen LogP contribution in [0.1, 0.15) is 81.9 Å². The first-order valence-electron chi connectivity index (χ1n) is 20.9. The lowest BCUT2D eigenvalue weighted by Crippen LogP contribution is -2.62. The fourth-order valence-electron chi connectivity index (χ4n) is 8.72. The maximum atomic E-state index is 14.5. The van der Waals surface area contributed by atoms with Gasteiger partial charge in [-0.1, -0.05) is 72.8 Å². The van der Waals surface area contributed by atoms with E-state index in [4.69, 9.17) is 0 Å². The van der Waals surface area contributed by atoms with Crippen molar-refractivity contribution in [2.24, 2.45) is 0 Å². The Morgan fingerprint density at radius 2 is 1.36 bits per heavy atom. The molecule has 1 unspecified atom stereocenters. The first kappa shape index (κ1) is 44.4. The third-order valence-corrected chi connectivity index (χ3v) is 15.9. The van der Waals surface area contributed by atoms with Gasteiger partial charge in [0.15, 0.2) is 0 Å². The summed E-state index contributed by atoms with van der Waals surface area (Å²) in [6, 6.07) is 15.6. The largest absolute Gasteiger partial charge is 0.343 e. The molecule has 17 heteroatoms. The first-order chi connectivity index (χ1) is 28.3. The average Bonchev–Trinajstić information content (AvgIpc) is 3.87. The number of likely N-dealkylation sites (N-methyl/N-ethyl adjacent to an activating group) is 1. The average molecular weight is 854 g/mol. The van der Waals surface area contributed by atoms with Crippen LogP contribution in [0.3, 0.4) is 0 Å². The van der Waals surface area contributed by atoms with Crippen LogP contribution in [0.5, 0.6) is 0 Å². The fourth-order valence-corrected chi connectivity index (χ4v) is 11.6. The minimum atomic E-state index is -3.93. The van der Waals surface area contributed by atoms with Crippen LogP contribution in [0.25, 0.3) is 0 Å². The molecule has 0 aliphatic carbocycles. The van der Waals surface area contributed by atoms with Crippen molar-refractivity contribution in [2.45, 2.75) is 101 Å². The molecule has 4 heterocycles. The lowest BCUT2D eigenvalue weighted by molar-refractivity contribution is -0.144. The summed E-state index contributed by atoms with van der Waals surface area (Å²) in [7, 11) is -5.93. The van der Waals surface area contributed by atoms with E-state index in [-0.39, 0.29) is 68.3 Å². The number of carbonyl (C=O) groups is 4. The van der Waals surface area contributed by atoms with E-state index in [0.717, 1.165) is 30.5 Å². The SMILES string of the molecule is CN[C@@H](C)C(=O)N[C@H]1CN(S(=O)(=O)CC/C=C/CCS(=O)(=O)N2CCC(=O)N3CCCC3CC2)CC[C@H]2CC[C@@H](C(=O)NC(c3ccccc3)c3ccccc3)N2C1=O. The minimum Gasteiger partial charge on any atom is -0.343 e. The Balaban J connectivity index is 1.09. The van der Waals surface area contributed by atoms with Gasteiger partial charge in [-0.15, -0.1) is 0 Å². The highest BCUT2D eigenvalue weighted by molar-refractivity contribution is 7.89. The van der Waals surface area contributed by atoms with Crippen molar-refractivity contribution in [3.05, 3.63) is 83.9 Å². The Morgan fingerprint density at radius 1 is 0.763 bits per heavy atom. The van der Waals surface area contributed by atoms with Gasteiger partial charge in [0.25, 0.3) is 0 Å². The number of nitrogens with zero attached hydrogens (tertiary/aromatic N) is 4. The van der Waals surface area contributed by atoms with E-state index in [9.17, 15) is 36.0 Å². The number of sulfonamides is 2. The molecule has 59 heavy (non-hydrogen) atoms. The molecule has 4 aliphatic heterocycles. The molecule has 15 nitrogen and oxygen atoms in total. The molecular formula is C42H59N7O8S2. The van der Waals surface area contributed by atoms with E-state index < -0.39 is 62.1 Å². The van der Waals surface area contributed by atoms with E-state index in [1.165, 1.54) is 8.61 Å². The Bertz CT molecular complexity index is 2000. The van der Waals surface area contributed by atoms with Crippen LogP contribution in [0.15, 0.2) is 72.8 Å². The van der Waals surface area contributed by atoms with Crippen LogP contribution >= 0.6 is 0 Å². The normalized spacial score (nSPS) is 24.3. The van der Waals surface area contributed by atoms with Crippen LogP contribution < -0.4 is 16.0 Å². The van der Waals surface area contributed by atoms with Gasteiger partial charge in [0.05, 0.1) is 23.6 Å². The third kappa shape index (κ3) is 11.0. The number of rotatable bonds is 15. The first-order valence-corrected chi connectivity index (χ1v) is 24.1. The van der Waals surface area contributed by atoms with E-state index >= 15 is 0 Å². The molecule has 6 rings (SSSR count). The minimum absolute atomic E-state index is 0.00282. The smallest absolute Gasteiger partial charge is 0.247 e. The number of fused-ring (bicyclic) bond motifs is 2. The zero-order chi connectivity index (χ0) is 42.2.